The van der Waals surface area contributed by atoms with Crippen LogP contribution in [0.15, 0.2) is 23.1 Å². The van der Waals surface area contributed by atoms with Crippen molar-refractivity contribution in [3.8, 4) is 0 Å². The highest BCUT2D eigenvalue weighted by Gasteiger charge is 2.29. The van der Waals surface area contributed by atoms with Crippen LogP contribution in [0.3, 0.4) is 0 Å². The van der Waals surface area contributed by atoms with E-state index in [-0.39, 0.29) is 16.4 Å². The number of hydrogen-bond donors (Lipinski definition) is 1. The molecule has 1 atom stereocenters. The first kappa shape index (κ1) is 17.6. The molecule has 1 aromatic rings. The van der Waals surface area contributed by atoms with E-state index in [2.05, 4.69) is 20.7 Å². The summed E-state index contributed by atoms with van der Waals surface area (Å²) in [5.74, 6) is -0.552. The zero-order valence-corrected chi connectivity index (χ0v) is 14.6. The monoisotopic (exact) mass is 365 g/mol. The number of aryl methyl sites for hydroxylation is 1. The summed E-state index contributed by atoms with van der Waals surface area (Å²) in [6, 6.07) is 3.56. The molecule has 1 unspecified atom stereocenters. The second-order valence-electron chi connectivity index (χ2n) is 5.93. The molecule has 0 aliphatic carbocycles. The normalized spacial score (nSPS) is 14.3. The highest BCUT2D eigenvalue weighted by Crippen LogP contribution is 2.25. The molecule has 114 valence electrons. The van der Waals surface area contributed by atoms with Gasteiger partial charge >= 0.3 is 0 Å². The van der Waals surface area contributed by atoms with E-state index in [1.165, 1.54) is 12.1 Å². The molecule has 1 rings (SSSR count). The summed E-state index contributed by atoms with van der Waals surface area (Å²) in [6.45, 7) is 7.58. The van der Waals surface area contributed by atoms with Crippen molar-refractivity contribution in [2.75, 3.05) is 5.33 Å². The number of hydrogen-bond acceptors (Lipinski definition) is 2. The van der Waals surface area contributed by atoms with Gasteiger partial charge in [0.2, 0.25) is 10.0 Å². The maximum Gasteiger partial charge on any atom is 0.241 e. The van der Waals surface area contributed by atoms with Crippen molar-refractivity contribution >= 4 is 26.0 Å². The van der Waals surface area contributed by atoms with Gasteiger partial charge in [-0.3, -0.25) is 0 Å². The molecule has 0 heterocycles. The van der Waals surface area contributed by atoms with Crippen LogP contribution in [0, 0.1) is 18.2 Å². The minimum absolute atomic E-state index is 0.00122. The summed E-state index contributed by atoms with van der Waals surface area (Å²) in [6.07, 6.45) is 0.664. The lowest BCUT2D eigenvalue weighted by Crippen LogP contribution is -2.44. The van der Waals surface area contributed by atoms with E-state index in [9.17, 15) is 12.8 Å². The number of alkyl halides is 1. The van der Waals surface area contributed by atoms with Gasteiger partial charge < -0.3 is 0 Å². The lowest BCUT2D eigenvalue weighted by molar-refractivity contribution is 0.293. The topological polar surface area (TPSA) is 46.2 Å². The van der Waals surface area contributed by atoms with Crippen LogP contribution < -0.4 is 4.72 Å². The summed E-state index contributed by atoms with van der Waals surface area (Å²) >= 11 is 3.34. The molecular weight excluding hydrogens is 345 g/mol. The molecule has 1 aromatic carbocycles. The number of benzene rings is 1. The molecule has 0 fully saturated rings. The molecule has 0 bridgehead atoms. The largest absolute Gasteiger partial charge is 0.241 e. The third-order valence-corrected chi connectivity index (χ3v) is 5.25. The van der Waals surface area contributed by atoms with Gasteiger partial charge in [-0.1, -0.05) is 42.8 Å². The fourth-order valence-corrected chi connectivity index (χ4v) is 4.08. The maximum absolute atomic E-state index is 13.3. The van der Waals surface area contributed by atoms with Crippen molar-refractivity contribution in [2.24, 2.45) is 5.41 Å². The second kappa shape index (κ2) is 6.54. The number of halogens is 2. The van der Waals surface area contributed by atoms with Crippen LogP contribution in [0.5, 0.6) is 0 Å². The first-order valence-corrected chi connectivity index (χ1v) is 9.03. The van der Waals surface area contributed by atoms with Crippen LogP contribution >= 0.6 is 15.9 Å². The zero-order valence-electron chi connectivity index (χ0n) is 12.2. The van der Waals surface area contributed by atoms with Crippen molar-refractivity contribution in [3.63, 3.8) is 0 Å². The molecule has 1 N–H and O–H groups in total. The highest BCUT2D eigenvalue weighted by molar-refractivity contribution is 9.09. The van der Waals surface area contributed by atoms with Crippen molar-refractivity contribution in [1.82, 2.24) is 4.72 Å². The fourth-order valence-electron chi connectivity index (χ4n) is 1.89. The molecule has 0 saturated carbocycles. The molecule has 20 heavy (non-hydrogen) atoms. The Bertz CT molecular complexity index is 567. The van der Waals surface area contributed by atoms with Crippen LogP contribution in [-0.4, -0.2) is 19.8 Å². The molecule has 0 amide bonds. The Morgan fingerprint density at radius 2 is 1.95 bits per heavy atom. The Balaban J connectivity index is 3.13. The van der Waals surface area contributed by atoms with Crippen LogP contribution in [0.2, 0.25) is 0 Å². The van der Waals surface area contributed by atoms with E-state index >= 15 is 0 Å². The minimum atomic E-state index is -3.73. The maximum atomic E-state index is 13.3. The van der Waals surface area contributed by atoms with Gasteiger partial charge in [-0.25, -0.2) is 17.5 Å². The molecule has 3 nitrogen and oxygen atoms in total. The van der Waals surface area contributed by atoms with Gasteiger partial charge in [-0.15, -0.1) is 0 Å². The van der Waals surface area contributed by atoms with Crippen molar-refractivity contribution in [2.45, 2.75) is 45.1 Å². The van der Waals surface area contributed by atoms with Gasteiger partial charge in [0.15, 0.2) is 0 Å². The molecule has 0 saturated heterocycles. The molecular formula is C14H21BrFNO2S. The van der Waals surface area contributed by atoms with Crippen LogP contribution in [0.4, 0.5) is 4.39 Å². The van der Waals surface area contributed by atoms with Gasteiger partial charge in [-0.05, 0) is 36.5 Å². The summed E-state index contributed by atoms with van der Waals surface area (Å²) in [4.78, 5) is 0.00122. The molecule has 0 radical (unpaired) electrons. The Labute approximate surface area is 129 Å². The van der Waals surface area contributed by atoms with Crippen molar-refractivity contribution in [3.05, 3.63) is 29.6 Å². The Kier molecular flexibility index (Phi) is 5.75. The first-order chi connectivity index (χ1) is 9.08. The van der Waals surface area contributed by atoms with E-state index in [4.69, 9.17) is 0 Å². The minimum Gasteiger partial charge on any atom is -0.208 e. The summed E-state index contributed by atoms with van der Waals surface area (Å²) < 4.78 is 40.9. The Morgan fingerprint density at radius 1 is 1.35 bits per heavy atom. The second-order valence-corrected chi connectivity index (χ2v) is 8.40. The Morgan fingerprint density at radius 3 is 2.45 bits per heavy atom. The van der Waals surface area contributed by atoms with E-state index in [1.807, 2.05) is 20.8 Å². The lowest BCUT2D eigenvalue weighted by atomic mass is 9.86. The summed E-state index contributed by atoms with van der Waals surface area (Å²) in [7, 11) is -3.73. The first-order valence-electron chi connectivity index (χ1n) is 6.42. The van der Waals surface area contributed by atoms with Gasteiger partial charge in [0.25, 0.3) is 0 Å². The molecule has 6 heteroatoms. The SMILES string of the molecule is Cc1ccc(F)cc1S(=O)(=O)NC(CCBr)C(C)(C)C. The van der Waals surface area contributed by atoms with Gasteiger partial charge in [0.1, 0.15) is 5.82 Å². The predicted octanol–water partition coefficient (Wildman–Crippen LogP) is 3.61. The number of nitrogens with one attached hydrogen (secondary N) is 1. The van der Waals surface area contributed by atoms with E-state index in [1.54, 1.807) is 6.92 Å². The standard InChI is InChI=1S/C14H21BrFNO2S/c1-10-5-6-11(16)9-12(10)20(18,19)17-13(7-8-15)14(2,3)4/h5-6,9,13,17H,7-8H2,1-4H3. The highest BCUT2D eigenvalue weighted by atomic mass is 79.9. The average Bonchev–Trinajstić information content (AvgIpc) is 2.30. The predicted molar refractivity (Wildman–Crippen MR) is 83.1 cm³/mol. The third kappa shape index (κ3) is 4.53. The van der Waals surface area contributed by atoms with Crippen LogP contribution in [-0.2, 0) is 10.0 Å². The van der Waals surface area contributed by atoms with Crippen LogP contribution in [0.25, 0.3) is 0 Å². The van der Waals surface area contributed by atoms with E-state index in [0.717, 1.165) is 6.07 Å². The quantitative estimate of drug-likeness (QED) is 0.810. The molecule has 0 spiro atoms. The van der Waals surface area contributed by atoms with Gasteiger partial charge in [0, 0.05) is 11.4 Å². The lowest BCUT2D eigenvalue weighted by Gasteiger charge is -2.31. The van der Waals surface area contributed by atoms with Gasteiger partial charge in [-0.2, -0.15) is 0 Å². The Hall–Kier alpha value is -0.460. The van der Waals surface area contributed by atoms with Crippen LogP contribution in [0.1, 0.15) is 32.8 Å². The smallest absolute Gasteiger partial charge is 0.208 e. The summed E-state index contributed by atoms with van der Waals surface area (Å²) in [5.41, 5.74) is 0.313. The molecule has 0 aliphatic heterocycles. The fraction of sp³-hybridized carbons (Fsp3) is 0.571. The van der Waals surface area contributed by atoms with Gasteiger partial charge in [0.05, 0.1) is 4.90 Å². The van der Waals surface area contributed by atoms with Crippen molar-refractivity contribution < 1.29 is 12.8 Å². The third-order valence-electron chi connectivity index (χ3n) is 3.18. The van der Waals surface area contributed by atoms with E-state index in [0.29, 0.717) is 17.3 Å². The number of sulfonamides is 1. The zero-order chi connectivity index (χ0) is 15.6. The summed E-state index contributed by atoms with van der Waals surface area (Å²) in [5, 5.41) is 0.694. The van der Waals surface area contributed by atoms with E-state index < -0.39 is 15.8 Å². The number of rotatable bonds is 5. The van der Waals surface area contributed by atoms with Crippen molar-refractivity contribution in [1.29, 1.82) is 0 Å². The molecule has 0 aromatic heterocycles. The average molecular weight is 366 g/mol. The molecule has 0 aliphatic rings.